The molecule has 1 aromatic heterocycles. The van der Waals surface area contributed by atoms with Crippen molar-refractivity contribution >= 4 is 17.6 Å². The van der Waals surface area contributed by atoms with Gasteiger partial charge in [-0.3, -0.25) is 4.99 Å². The third-order valence-electron chi connectivity index (χ3n) is 4.07. The van der Waals surface area contributed by atoms with E-state index in [9.17, 15) is 4.39 Å². The molecule has 0 unspecified atom stereocenters. The van der Waals surface area contributed by atoms with Crippen LogP contribution in [0.25, 0.3) is 11.3 Å². The van der Waals surface area contributed by atoms with Crippen LogP contribution < -0.4 is 14.3 Å². The largest absolute Gasteiger partial charge is 0.486 e. The van der Waals surface area contributed by atoms with Gasteiger partial charge in [-0.2, -0.15) is 5.10 Å². The minimum absolute atomic E-state index is 0.276. The fraction of sp³-hybridized carbons (Fsp3) is 0.143. The molecule has 0 aliphatic carbocycles. The second-order valence-electron chi connectivity index (χ2n) is 6.00. The van der Waals surface area contributed by atoms with Gasteiger partial charge >= 0.3 is 0 Å². The monoisotopic (exact) mass is 395 g/mol. The highest BCUT2D eigenvalue weighted by Crippen LogP contribution is 2.30. The molecule has 4 rings (SSSR count). The maximum absolute atomic E-state index is 13.3. The van der Waals surface area contributed by atoms with Gasteiger partial charge in [0.1, 0.15) is 19.0 Å². The third kappa shape index (κ3) is 3.89. The van der Waals surface area contributed by atoms with Crippen LogP contribution in [-0.2, 0) is 0 Å². The smallest absolute Gasteiger partial charge is 0.206 e. The second-order valence-corrected chi connectivity index (χ2v) is 6.84. The average Bonchev–Trinajstić information content (AvgIpc) is 3.13. The summed E-state index contributed by atoms with van der Waals surface area (Å²) in [7, 11) is 0. The van der Waals surface area contributed by atoms with Crippen LogP contribution in [-0.4, -0.2) is 30.6 Å². The molecule has 0 saturated heterocycles. The van der Waals surface area contributed by atoms with Crippen molar-refractivity contribution in [1.29, 1.82) is 0 Å². The van der Waals surface area contributed by atoms with Crippen molar-refractivity contribution in [3.8, 4) is 22.8 Å². The Hall–Kier alpha value is -3.19. The molecule has 0 spiro atoms. The van der Waals surface area contributed by atoms with Crippen molar-refractivity contribution in [2.45, 2.75) is 0 Å². The molecule has 1 aliphatic rings. The van der Waals surface area contributed by atoms with Crippen molar-refractivity contribution in [3.05, 3.63) is 76.7 Å². The molecule has 5 nitrogen and oxygen atoms in total. The zero-order chi connectivity index (χ0) is 19.3. The molecule has 0 bridgehead atoms. The molecule has 0 saturated carbocycles. The number of hydrogen-bond donors (Lipinski definition) is 0. The molecular weight excluding hydrogens is 377 g/mol. The lowest BCUT2D eigenvalue weighted by Gasteiger charge is -2.18. The summed E-state index contributed by atoms with van der Waals surface area (Å²) >= 11 is 1.47. The summed E-state index contributed by atoms with van der Waals surface area (Å²) in [5, 5.41) is 6.58. The van der Waals surface area contributed by atoms with Crippen LogP contribution in [0, 0.1) is 5.82 Å². The molecule has 142 valence electrons. The number of fused-ring (bicyclic) bond motifs is 1. The first kappa shape index (κ1) is 18.2. The summed E-state index contributed by atoms with van der Waals surface area (Å²) in [5.74, 6) is 1.17. The van der Waals surface area contributed by atoms with Gasteiger partial charge in [-0.1, -0.05) is 6.08 Å². The van der Waals surface area contributed by atoms with Gasteiger partial charge in [-0.25, -0.2) is 9.07 Å². The van der Waals surface area contributed by atoms with E-state index in [1.165, 1.54) is 23.5 Å². The maximum Gasteiger partial charge on any atom is 0.206 e. The van der Waals surface area contributed by atoms with E-state index in [4.69, 9.17) is 9.47 Å². The highest BCUT2D eigenvalue weighted by molar-refractivity contribution is 7.07. The zero-order valence-electron chi connectivity index (χ0n) is 15.0. The van der Waals surface area contributed by atoms with E-state index >= 15 is 0 Å². The number of nitrogens with zero attached hydrogens (tertiary/aromatic N) is 3. The van der Waals surface area contributed by atoms with Crippen molar-refractivity contribution in [3.63, 3.8) is 0 Å². The van der Waals surface area contributed by atoms with Gasteiger partial charge in [0.15, 0.2) is 11.5 Å². The lowest BCUT2D eigenvalue weighted by Crippen LogP contribution is -2.15. The Bertz CT molecular complexity index is 1080. The molecule has 7 heteroatoms. The lowest BCUT2D eigenvalue weighted by molar-refractivity contribution is 0.171. The molecule has 2 heterocycles. The summed E-state index contributed by atoms with van der Waals surface area (Å²) in [6, 6.07) is 12.0. The van der Waals surface area contributed by atoms with E-state index < -0.39 is 0 Å². The van der Waals surface area contributed by atoms with Gasteiger partial charge in [-0.05, 0) is 48.0 Å². The molecule has 0 radical (unpaired) electrons. The number of ether oxygens (including phenoxy) is 2. The Morgan fingerprint density at radius 2 is 1.89 bits per heavy atom. The summed E-state index contributed by atoms with van der Waals surface area (Å²) < 4.78 is 26.2. The van der Waals surface area contributed by atoms with Crippen LogP contribution in [0.4, 0.5) is 4.39 Å². The highest BCUT2D eigenvalue weighted by Gasteiger charge is 2.11. The Morgan fingerprint density at radius 1 is 1.11 bits per heavy atom. The number of halogens is 1. The Kier molecular flexibility index (Phi) is 5.34. The van der Waals surface area contributed by atoms with Gasteiger partial charge in [0, 0.05) is 10.9 Å². The summed E-state index contributed by atoms with van der Waals surface area (Å²) in [4.78, 5) is 5.23. The molecule has 3 aromatic rings. The number of aromatic nitrogens is 1. The van der Waals surface area contributed by atoms with E-state index in [1.54, 1.807) is 29.1 Å². The lowest BCUT2D eigenvalue weighted by atomic mass is 10.2. The summed E-state index contributed by atoms with van der Waals surface area (Å²) in [6.07, 6.45) is 3.47. The van der Waals surface area contributed by atoms with Crippen LogP contribution in [0.2, 0.25) is 0 Å². The van der Waals surface area contributed by atoms with E-state index in [-0.39, 0.29) is 5.82 Å². The molecule has 0 atom stereocenters. The first-order chi connectivity index (χ1) is 13.7. The van der Waals surface area contributed by atoms with Gasteiger partial charge in [0.25, 0.3) is 0 Å². The molecule has 28 heavy (non-hydrogen) atoms. The zero-order valence-corrected chi connectivity index (χ0v) is 15.9. The minimum Gasteiger partial charge on any atom is -0.486 e. The van der Waals surface area contributed by atoms with Crippen LogP contribution in [0.15, 0.2) is 70.6 Å². The number of hydrogen-bond acceptors (Lipinski definition) is 5. The standard InChI is InChI=1S/C21H18FN3O2S/c1-2-9-23-21-25(18(14-28-21)16-4-6-17(22)7-5-16)24-13-15-3-8-19-20(12-15)27-11-10-26-19/h2-8,12-14H,1,9-11H2. The predicted molar refractivity (Wildman–Crippen MR) is 109 cm³/mol. The average molecular weight is 395 g/mol. The first-order valence-electron chi connectivity index (χ1n) is 8.76. The fourth-order valence-electron chi connectivity index (χ4n) is 2.75. The normalized spacial score (nSPS) is 13.8. The maximum atomic E-state index is 13.3. The molecule has 0 amide bonds. The summed E-state index contributed by atoms with van der Waals surface area (Å²) in [5.41, 5.74) is 2.57. The first-order valence-corrected chi connectivity index (χ1v) is 9.64. The number of benzene rings is 2. The van der Waals surface area contributed by atoms with Crippen molar-refractivity contribution < 1.29 is 13.9 Å². The second kappa shape index (κ2) is 8.22. The van der Waals surface area contributed by atoms with E-state index in [0.29, 0.717) is 25.5 Å². The molecule has 2 aromatic carbocycles. The van der Waals surface area contributed by atoms with Gasteiger partial charge in [0.2, 0.25) is 4.80 Å². The SMILES string of the molecule is C=CCN=c1scc(-c2ccc(F)cc2)n1N=Cc1ccc2c(c1)OCCO2. The van der Waals surface area contributed by atoms with Gasteiger partial charge in [0.05, 0.1) is 18.5 Å². The van der Waals surface area contributed by atoms with Crippen molar-refractivity contribution in [2.24, 2.45) is 10.1 Å². The molecule has 1 aliphatic heterocycles. The van der Waals surface area contributed by atoms with Gasteiger partial charge < -0.3 is 9.47 Å². The van der Waals surface area contributed by atoms with Crippen LogP contribution in [0.5, 0.6) is 11.5 Å². The number of rotatable bonds is 5. The van der Waals surface area contributed by atoms with Crippen molar-refractivity contribution in [2.75, 3.05) is 19.8 Å². The topological polar surface area (TPSA) is 48.1 Å². The molecule has 0 N–H and O–H groups in total. The number of thiazole rings is 1. The van der Waals surface area contributed by atoms with Crippen molar-refractivity contribution in [1.82, 2.24) is 4.68 Å². The minimum atomic E-state index is -0.276. The Balaban J connectivity index is 1.73. The summed E-state index contributed by atoms with van der Waals surface area (Å²) in [6.45, 7) is 5.29. The molecule has 0 fully saturated rings. The highest BCUT2D eigenvalue weighted by atomic mass is 32.1. The van der Waals surface area contributed by atoms with Gasteiger partial charge in [-0.15, -0.1) is 17.9 Å². The Labute approximate surface area is 165 Å². The van der Waals surface area contributed by atoms with E-state index in [1.807, 2.05) is 23.6 Å². The van der Waals surface area contributed by atoms with Crippen LogP contribution >= 0.6 is 11.3 Å². The van der Waals surface area contributed by atoms with Crippen LogP contribution in [0.1, 0.15) is 5.56 Å². The molecular formula is C21H18FN3O2S. The van der Waals surface area contributed by atoms with E-state index in [0.717, 1.165) is 27.4 Å². The third-order valence-corrected chi connectivity index (χ3v) is 4.92. The van der Waals surface area contributed by atoms with Crippen LogP contribution in [0.3, 0.4) is 0 Å². The van der Waals surface area contributed by atoms with E-state index in [2.05, 4.69) is 16.7 Å². The Morgan fingerprint density at radius 3 is 2.68 bits per heavy atom. The fourth-order valence-corrected chi connectivity index (χ4v) is 3.59. The predicted octanol–water partition coefficient (Wildman–Crippen LogP) is 4.10. The quantitative estimate of drug-likeness (QED) is 0.482.